The minimum atomic E-state index is -0.455. The number of hydrazone groups is 1. The van der Waals surface area contributed by atoms with E-state index in [1.54, 1.807) is 6.92 Å². The van der Waals surface area contributed by atoms with Crippen molar-refractivity contribution < 1.29 is 9.42 Å². The molecule has 0 saturated carbocycles. The molecule has 1 amide bonds. The van der Waals surface area contributed by atoms with E-state index in [-0.39, 0.29) is 11.7 Å². The fraction of sp³-hybridized carbons (Fsp3) is 0.333. The standard InChI is InChI=1S/C6H8ClN5O2/c1-3-5(12-14-11-3)6(8)10-9-4(13)2-7/h2H2,1H3,(H2,8,10)(H,9,13). The minimum absolute atomic E-state index is 0.0159. The molecule has 7 nitrogen and oxygen atoms in total. The fourth-order valence-electron chi connectivity index (χ4n) is 0.669. The maximum atomic E-state index is 10.7. The zero-order valence-electron chi connectivity index (χ0n) is 7.32. The van der Waals surface area contributed by atoms with Gasteiger partial charge in [0.05, 0.1) is 0 Å². The van der Waals surface area contributed by atoms with Crippen molar-refractivity contribution >= 4 is 23.3 Å². The first kappa shape index (κ1) is 10.5. The van der Waals surface area contributed by atoms with Gasteiger partial charge in [0, 0.05) is 0 Å². The summed E-state index contributed by atoms with van der Waals surface area (Å²) < 4.78 is 4.40. The molecule has 1 aromatic heterocycles. The molecule has 1 heterocycles. The summed E-state index contributed by atoms with van der Waals surface area (Å²) >= 11 is 5.22. The molecule has 0 atom stereocenters. The van der Waals surface area contributed by atoms with E-state index in [0.717, 1.165) is 0 Å². The second kappa shape index (κ2) is 4.56. The van der Waals surface area contributed by atoms with Gasteiger partial charge < -0.3 is 5.73 Å². The molecule has 0 saturated heterocycles. The number of amidine groups is 1. The van der Waals surface area contributed by atoms with Crippen molar-refractivity contribution in [2.24, 2.45) is 10.8 Å². The zero-order valence-corrected chi connectivity index (χ0v) is 8.08. The Balaban J connectivity index is 2.70. The quantitative estimate of drug-likeness (QED) is 0.303. The van der Waals surface area contributed by atoms with E-state index < -0.39 is 5.91 Å². The Morgan fingerprint density at radius 2 is 2.43 bits per heavy atom. The van der Waals surface area contributed by atoms with E-state index in [4.69, 9.17) is 17.3 Å². The zero-order chi connectivity index (χ0) is 10.6. The molecule has 0 aliphatic carbocycles. The smallest absolute Gasteiger partial charge is 0.255 e. The molecule has 1 rings (SSSR count). The third-order valence-corrected chi connectivity index (χ3v) is 1.56. The molecule has 0 aromatic carbocycles. The van der Waals surface area contributed by atoms with Crippen LogP contribution in [0.4, 0.5) is 0 Å². The number of rotatable bonds is 3. The number of nitrogens with one attached hydrogen (secondary N) is 1. The molecule has 14 heavy (non-hydrogen) atoms. The van der Waals surface area contributed by atoms with Gasteiger partial charge in [0.2, 0.25) is 0 Å². The average molecular weight is 218 g/mol. The van der Waals surface area contributed by atoms with Gasteiger partial charge in [-0.3, -0.25) is 4.79 Å². The molecule has 0 radical (unpaired) electrons. The molecule has 0 bridgehead atoms. The topological polar surface area (TPSA) is 106 Å². The van der Waals surface area contributed by atoms with E-state index in [1.165, 1.54) is 0 Å². The first-order chi connectivity index (χ1) is 6.65. The number of aromatic nitrogens is 2. The molecule has 1 aromatic rings. The molecule has 0 spiro atoms. The van der Waals surface area contributed by atoms with Gasteiger partial charge in [-0.1, -0.05) is 5.16 Å². The SMILES string of the molecule is Cc1nonc1/C(N)=N/NC(=O)CCl. The van der Waals surface area contributed by atoms with Gasteiger partial charge in [0.15, 0.2) is 11.5 Å². The largest absolute Gasteiger partial charge is 0.380 e. The number of hydrogen-bond donors (Lipinski definition) is 2. The number of hydrogen-bond acceptors (Lipinski definition) is 5. The summed E-state index contributed by atoms with van der Waals surface area (Å²) in [6.07, 6.45) is 0. The van der Waals surface area contributed by atoms with Crippen molar-refractivity contribution in [1.29, 1.82) is 0 Å². The van der Waals surface area contributed by atoms with Crippen molar-refractivity contribution in [3.05, 3.63) is 11.4 Å². The van der Waals surface area contributed by atoms with Crippen molar-refractivity contribution in [3.63, 3.8) is 0 Å². The molecular formula is C6H8ClN5O2. The summed E-state index contributed by atoms with van der Waals surface area (Å²) in [7, 11) is 0. The van der Waals surface area contributed by atoms with Crippen molar-refractivity contribution in [2.75, 3.05) is 5.88 Å². The van der Waals surface area contributed by atoms with Crippen molar-refractivity contribution in [2.45, 2.75) is 6.92 Å². The van der Waals surface area contributed by atoms with Crippen LogP contribution in [-0.4, -0.2) is 27.9 Å². The summed E-state index contributed by atoms with van der Waals surface area (Å²) in [5.74, 6) is -0.627. The monoisotopic (exact) mass is 217 g/mol. The lowest BCUT2D eigenvalue weighted by Crippen LogP contribution is -2.25. The Morgan fingerprint density at radius 3 is 2.93 bits per heavy atom. The predicted molar refractivity (Wildman–Crippen MR) is 48.6 cm³/mol. The second-order valence-electron chi connectivity index (χ2n) is 2.36. The maximum Gasteiger partial charge on any atom is 0.255 e. The third-order valence-electron chi connectivity index (χ3n) is 1.32. The lowest BCUT2D eigenvalue weighted by Gasteiger charge is -1.96. The Labute approximate surface area is 84.2 Å². The van der Waals surface area contributed by atoms with E-state index in [0.29, 0.717) is 11.4 Å². The van der Waals surface area contributed by atoms with Crippen LogP contribution in [0.25, 0.3) is 0 Å². The van der Waals surface area contributed by atoms with Gasteiger partial charge in [-0.25, -0.2) is 10.1 Å². The van der Waals surface area contributed by atoms with Gasteiger partial charge in [0.1, 0.15) is 11.6 Å². The summed E-state index contributed by atoms with van der Waals surface area (Å²) in [4.78, 5) is 10.7. The summed E-state index contributed by atoms with van der Waals surface area (Å²) in [6.45, 7) is 1.65. The van der Waals surface area contributed by atoms with Crippen molar-refractivity contribution in [1.82, 2.24) is 15.7 Å². The second-order valence-corrected chi connectivity index (χ2v) is 2.63. The Bertz CT molecular complexity index is 361. The first-order valence-corrected chi connectivity index (χ1v) is 4.16. The molecule has 8 heteroatoms. The number of nitrogens with zero attached hydrogens (tertiary/aromatic N) is 3. The van der Waals surface area contributed by atoms with Crippen LogP contribution >= 0.6 is 11.6 Å². The number of halogens is 1. The lowest BCUT2D eigenvalue weighted by atomic mass is 10.3. The number of aryl methyl sites for hydroxylation is 1. The maximum absolute atomic E-state index is 10.7. The molecule has 76 valence electrons. The van der Waals surface area contributed by atoms with Crippen LogP contribution in [-0.2, 0) is 4.79 Å². The molecule has 0 aliphatic heterocycles. The van der Waals surface area contributed by atoms with Crippen LogP contribution < -0.4 is 11.2 Å². The number of nitrogens with two attached hydrogens (primary N) is 1. The summed E-state index contributed by atoms with van der Waals surface area (Å²) in [6, 6.07) is 0. The Kier molecular flexibility index (Phi) is 3.41. The highest BCUT2D eigenvalue weighted by Crippen LogP contribution is 1.98. The summed E-state index contributed by atoms with van der Waals surface area (Å²) in [5, 5.41) is 10.5. The molecular weight excluding hydrogens is 210 g/mol. The van der Waals surface area contributed by atoms with Gasteiger partial charge >= 0.3 is 0 Å². The Morgan fingerprint density at radius 1 is 1.71 bits per heavy atom. The molecule has 0 fully saturated rings. The highest BCUT2D eigenvalue weighted by molar-refractivity contribution is 6.27. The summed E-state index contributed by atoms with van der Waals surface area (Å²) in [5.41, 5.74) is 8.39. The fourth-order valence-corrected chi connectivity index (χ4v) is 0.729. The minimum Gasteiger partial charge on any atom is -0.380 e. The average Bonchev–Trinajstić information content (AvgIpc) is 2.60. The predicted octanol–water partition coefficient (Wildman–Crippen LogP) is -0.647. The number of amides is 1. The van der Waals surface area contributed by atoms with Crippen LogP contribution in [0, 0.1) is 6.92 Å². The van der Waals surface area contributed by atoms with E-state index in [1.807, 2.05) is 0 Å². The molecule has 0 aliphatic rings. The molecule has 0 unspecified atom stereocenters. The normalized spacial score (nSPS) is 11.4. The highest BCUT2D eigenvalue weighted by Gasteiger charge is 2.09. The van der Waals surface area contributed by atoms with Crippen LogP contribution in [0.2, 0.25) is 0 Å². The van der Waals surface area contributed by atoms with Gasteiger partial charge in [0.25, 0.3) is 5.91 Å². The number of carbonyl (C=O) groups excluding carboxylic acids is 1. The van der Waals surface area contributed by atoms with Gasteiger partial charge in [-0.15, -0.1) is 11.6 Å². The van der Waals surface area contributed by atoms with Crippen LogP contribution in [0.3, 0.4) is 0 Å². The Hall–Kier alpha value is -1.63. The van der Waals surface area contributed by atoms with Crippen LogP contribution in [0.5, 0.6) is 0 Å². The van der Waals surface area contributed by atoms with E-state index >= 15 is 0 Å². The first-order valence-electron chi connectivity index (χ1n) is 3.62. The number of carbonyl (C=O) groups is 1. The molecule has 3 N–H and O–H groups in total. The van der Waals surface area contributed by atoms with Gasteiger partial charge in [-0.2, -0.15) is 5.10 Å². The van der Waals surface area contributed by atoms with Crippen LogP contribution in [0.15, 0.2) is 9.73 Å². The van der Waals surface area contributed by atoms with Gasteiger partial charge in [-0.05, 0) is 12.1 Å². The third kappa shape index (κ3) is 2.43. The van der Waals surface area contributed by atoms with E-state index in [2.05, 4.69) is 25.5 Å². The number of alkyl halides is 1. The lowest BCUT2D eigenvalue weighted by molar-refractivity contribution is -0.118. The highest BCUT2D eigenvalue weighted by atomic mass is 35.5. The van der Waals surface area contributed by atoms with E-state index in [9.17, 15) is 4.79 Å². The van der Waals surface area contributed by atoms with Crippen LogP contribution in [0.1, 0.15) is 11.4 Å². The van der Waals surface area contributed by atoms with Crippen molar-refractivity contribution in [3.8, 4) is 0 Å².